The molecule has 6 heteroatoms. The molecule has 0 fully saturated rings. The van der Waals surface area contributed by atoms with Crippen LogP contribution in [-0.2, 0) is 5.75 Å². The quantitative estimate of drug-likeness (QED) is 0.345. The number of benzene rings is 3. The monoisotopic (exact) mass is 441 g/mol. The van der Waals surface area contributed by atoms with Crippen LogP contribution in [0.25, 0.3) is 11.3 Å². The average Bonchev–Trinajstić information content (AvgIpc) is 3.25. The lowest BCUT2D eigenvalue weighted by atomic mass is 10.1. The summed E-state index contributed by atoms with van der Waals surface area (Å²) in [6.45, 7) is 1.99. The topological polar surface area (TPSA) is 65.8 Å². The van der Waals surface area contributed by atoms with E-state index in [4.69, 9.17) is 5.26 Å². The van der Waals surface area contributed by atoms with E-state index in [1.54, 1.807) is 23.1 Å². The van der Waals surface area contributed by atoms with E-state index >= 15 is 0 Å². The van der Waals surface area contributed by atoms with E-state index in [0.29, 0.717) is 11.1 Å². The number of thioether (sulfide) groups is 1. The Morgan fingerprint density at radius 3 is 2.48 bits per heavy atom. The number of anilines is 1. The molecule has 0 saturated heterocycles. The second-order valence-corrected chi connectivity index (χ2v) is 8.96. The predicted octanol–water partition coefficient (Wildman–Crippen LogP) is 6.53. The fourth-order valence-corrected chi connectivity index (χ4v) is 4.66. The van der Waals surface area contributed by atoms with Gasteiger partial charge in [-0.15, -0.1) is 23.1 Å². The fourth-order valence-electron chi connectivity index (χ4n) is 3.04. The standard InChI is InChI=1S/C25H19N3OS2/c1-17-27-23(16-30-17)20-10-12-21(13-11-20)28-25(29)22-4-2-3-5-24(22)31-15-19-8-6-18(14-26)7-9-19/h2-13,16H,15H2,1H3,(H,28,29). The van der Waals surface area contributed by atoms with Crippen LogP contribution >= 0.6 is 23.1 Å². The number of nitrogens with zero attached hydrogens (tertiary/aromatic N) is 2. The van der Waals surface area contributed by atoms with Crippen LogP contribution < -0.4 is 5.32 Å². The largest absolute Gasteiger partial charge is 0.322 e. The zero-order chi connectivity index (χ0) is 21.6. The number of hydrogen-bond acceptors (Lipinski definition) is 5. The summed E-state index contributed by atoms with van der Waals surface area (Å²) in [4.78, 5) is 18.3. The third kappa shape index (κ3) is 5.21. The molecule has 0 bridgehead atoms. The molecule has 0 radical (unpaired) electrons. The van der Waals surface area contributed by atoms with Crippen molar-refractivity contribution >= 4 is 34.7 Å². The highest BCUT2D eigenvalue weighted by atomic mass is 32.2. The molecule has 0 unspecified atom stereocenters. The van der Waals surface area contributed by atoms with Gasteiger partial charge in [-0.05, 0) is 48.9 Å². The molecule has 4 aromatic rings. The molecule has 1 aromatic heterocycles. The first-order valence-electron chi connectivity index (χ1n) is 9.67. The second kappa shape index (κ2) is 9.61. The van der Waals surface area contributed by atoms with E-state index in [9.17, 15) is 4.79 Å². The lowest BCUT2D eigenvalue weighted by Gasteiger charge is -2.10. The van der Waals surface area contributed by atoms with Crippen LogP contribution in [0, 0.1) is 18.3 Å². The van der Waals surface area contributed by atoms with Crippen molar-refractivity contribution < 1.29 is 4.79 Å². The molecular weight excluding hydrogens is 422 g/mol. The van der Waals surface area contributed by atoms with Gasteiger partial charge in [0.15, 0.2) is 0 Å². The van der Waals surface area contributed by atoms with Gasteiger partial charge in [-0.1, -0.05) is 36.4 Å². The summed E-state index contributed by atoms with van der Waals surface area (Å²) in [6, 6.07) is 25.0. The van der Waals surface area contributed by atoms with Gasteiger partial charge in [0.05, 0.1) is 27.9 Å². The van der Waals surface area contributed by atoms with Crippen LogP contribution in [-0.4, -0.2) is 10.9 Å². The number of carbonyl (C=O) groups is 1. The van der Waals surface area contributed by atoms with Crippen LogP contribution in [0.15, 0.2) is 83.1 Å². The number of aromatic nitrogens is 1. The second-order valence-electron chi connectivity index (χ2n) is 6.88. The molecular formula is C25H19N3OS2. The Bertz CT molecular complexity index is 1240. The summed E-state index contributed by atoms with van der Waals surface area (Å²) in [7, 11) is 0. The normalized spacial score (nSPS) is 10.5. The fraction of sp³-hybridized carbons (Fsp3) is 0.0800. The average molecular weight is 442 g/mol. The minimum absolute atomic E-state index is 0.139. The van der Waals surface area contributed by atoms with E-state index in [1.807, 2.05) is 85.1 Å². The third-order valence-corrected chi connectivity index (χ3v) is 6.58. The molecule has 4 nitrogen and oxygen atoms in total. The van der Waals surface area contributed by atoms with Crippen molar-refractivity contribution in [2.24, 2.45) is 0 Å². The number of thiazole rings is 1. The van der Waals surface area contributed by atoms with Crippen LogP contribution in [0.1, 0.15) is 26.5 Å². The van der Waals surface area contributed by atoms with Crippen molar-refractivity contribution in [1.82, 2.24) is 4.98 Å². The molecule has 1 amide bonds. The zero-order valence-electron chi connectivity index (χ0n) is 16.8. The smallest absolute Gasteiger partial charge is 0.256 e. The Labute approximate surface area is 189 Å². The number of amides is 1. The first-order chi connectivity index (χ1) is 15.1. The third-order valence-electron chi connectivity index (χ3n) is 4.67. The van der Waals surface area contributed by atoms with E-state index in [0.717, 1.165) is 38.2 Å². The number of rotatable bonds is 6. The highest BCUT2D eigenvalue weighted by molar-refractivity contribution is 7.98. The highest BCUT2D eigenvalue weighted by Crippen LogP contribution is 2.28. The van der Waals surface area contributed by atoms with Gasteiger partial charge < -0.3 is 5.32 Å². The van der Waals surface area contributed by atoms with E-state index < -0.39 is 0 Å². The van der Waals surface area contributed by atoms with Crippen molar-refractivity contribution in [3.8, 4) is 17.3 Å². The molecule has 4 rings (SSSR count). The maximum Gasteiger partial charge on any atom is 0.256 e. The number of hydrogen-bond donors (Lipinski definition) is 1. The molecule has 0 aliphatic heterocycles. The lowest BCUT2D eigenvalue weighted by molar-refractivity contribution is 0.102. The number of aryl methyl sites for hydroxylation is 1. The number of nitrogens with one attached hydrogen (secondary N) is 1. The van der Waals surface area contributed by atoms with Crippen molar-refractivity contribution in [2.75, 3.05) is 5.32 Å². The van der Waals surface area contributed by atoms with Gasteiger partial charge >= 0.3 is 0 Å². The van der Waals surface area contributed by atoms with Gasteiger partial charge in [-0.25, -0.2) is 4.98 Å². The van der Waals surface area contributed by atoms with Gasteiger partial charge in [-0.3, -0.25) is 4.79 Å². The summed E-state index contributed by atoms with van der Waals surface area (Å²) in [5, 5.41) is 15.0. The lowest BCUT2D eigenvalue weighted by Crippen LogP contribution is -2.12. The highest BCUT2D eigenvalue weighted by Gasteiger charge is 2.12. The summed E-state index contributed by atoms with van der Waals surface area (Å²) in [5.41, 5.74) is 5.11. The summed E-state index contributed by atoms with van der Waals surface area (Å²) in [5.74, 6) is 0.581. The minimum atomic E-state index is -0.139. The SMILES string of the molecule is Cc1nc(-c2ccc(NC(=O)c3ccccc3SCc3ccc(C#N)cc3)cc2)cs1. The summed E-state index contributed by atoms with van der Waals surface area (Å²) >= 11 is 3.22. The maximum absolute atomic E-state index is 12.9. The van der Waals surface area contributed by atoms with Gasteiger partial charge in [0.1, 0.15) is 0 Å². The molecule has 0 aliphatic carbocycles. The molecule has 0 saturated carbocycles. The van der Waals surface area contributed by atoms with Crippen molar-refractivity contribution in [1.29, 1.82) is 5.26 Å². The van der Waals surface area contributed by atoms with Crippen LogP contribution in [0.2, 0.25) is 0 Å². The first kappa shape index (κ1) is 20.9. The molecule has 0 atom stereocenters. The predicted molar refractivity (Wildman–Crippen MR) is 127 cm³/mol. The van der Waals surface area contributed by atoms with E-state index in [2.05, 4.69) is 16.4 Å². The van der Waals surface area contributed by atoms with E-state index in [-0.39, 0.29) is 5.91 Å². The molecule has 31 heavy (non-hydrogen) atoms. The van der Waals surface area contributed by atoms with Crippen LogP contribution in [0.4, 0.5) is 5.69 Å². The van der Waals surface area contributed by atoms with Gasteiger partial charge in [-0.2, -0.15) is 5.26 Å². The Hall–Kier alpha value is -3.40. The Kier molecular flexibility index (Phi) is 6.46. The van der Waals surface area contributed by atoms with Gasteiger partial charge in [0, 0.05) is 27.3 Å². The minimum Gasteiger partial charge on any atom is -0.322 e. The van der Waals surface area contributed by atoms with Gasteiger partial charge in [0.2, 0.25) is 0 Å². The first-order valence-corrected chi connectivity index (χ1v) is 11.5. The van der Waals surface area contributed by atoms with Crippen molar-refractivity contribution in [3.05, 3.63) is 99.9 Å². The molecule has 1 heterocycles. The molecule has 3 aromatic carbocycles. The Morgan fingerprint density at radius 2 is 1.81 bits per heavy atom. The Morgan fingerprint density at radius 1 is 1.06 bits per heavy atom. The summed E-state index contributed by atoms with van der Waals surface area (Å²) in [6.07, 6.45) is 0. The zero-order valence-corrected chi connectivity index (χ0v) is 18.5. The van der Waals surface area contributed by atoms with Crippen LogP contribution in [0.3, 0.4) is 0 Å². The van der Waals surface area contributed by atoms with E-state index in [1.165, 1.54) is 0 Å². The van der Waals surface area contributed by atoms with Crippen LogP contribution in [0.5, 0.6) is 0 Å². The summed E-state index contributed by atoms with van der Waals surface area (Å²) < 4.78 is 0. The van der Waals surface area contributed by atoms with Gasteiger partial charge in [0.25, 0.3) is 5.91 Å². The number of nitriles is 1. The van der Waals surface area contributed by atoms with Crippen molar-refractivity contribution in [2.45, 2.75) is 17.6 Å². The molecule has 0 aliphatic rings. The molecule has 152 valence electrons. The molecule has 1 N–H and O–H groups in total. The van der Waals surface area contributed by atoms with Crippen molar-refractivity contribution in [3.63, 3.8) is 0 Å². The maximum atomic E-state index is 12.9. The number of carbonyl (C=O) groups excluding carboxylic acids is 1. The molecule has 0 spiro atoms. The Balaban J connectivity index is 1.44.